The van der Waals surface area contributed by atoms with Crippen LogP contribution >= 0.6 is 11.6 Å². The van der Waals surface area contributed by atoms with Gasteiger partial charge in [-0.1, -0.05) is 11.6 Å². The SMILES string of the molecule is O=S(=O)(O)c1ccc(Cl)cc1.[H-].[H-].[Mg+2]. The average molecular weight is 219 g/mol. The van der Waals surface area contributed by atoms with E-state index in [0.717, 1.165) is 0 Å². The molecule has 0 fully saturated rings. The van der Waals surface area contributed by atoms with Gasteiger partial charge < -0.3 is 2.85 Å². The molecule has 0 atom stereocenters. The van der Waals surface area contributed by atoms with Crippen LogP contribution in [0.2, 0.25) is 5.02 Å². The summed E-state index contributed by atoms with van der Waals surface area (Å²) in [5.41, 5.74) is 0. The van der Waals surface area contributed by atoms with E-state index >= 15 is 0 Å². The Balaban J connectivity index is -0.000000403. The summed E-state index contributed by atoms with van der Waals surface area (Å²) in [5.74, 6) is 0. The normalized spacial score (nSPS) is 10.5. The minimum Gasteiger partial charge on any atom is -1.00 e. The molecule has 1 aromatic carbocycles. The van der Waals surface area contributed by atoms with E-state index in [4.69, 9.17) is 16.2 Å². The zero-order valence-corrected chi connectivity index (χ0v) is 9.05. The number of hydrogen-bond acceptors (Lipinski definition) is 2. The third-order valence-electron chi connectivity index (χ3n) is 1.11. The number of hydrogen-bond donors (Lipinski definition) is 1. The molecule has 0 aliphatic rings. The largest absolute Gasteiger partial charge is 2.00 e. The van der Waals surface area contributed by atoms with Crippen LogP contribution in [0.4, 0.5) is 0 Å². The molecule has 0 radical (unpaired) electrons. The standard InChI is InChI=1S/C6H5ClO3S.Mg.2H/c7-5-1-3-6(4-2-5)11(8,9)10;;;/h1-4H,(H,8,9,10);;;/q;+2;2*-1. The van der Waals surface area contributed by atoms with Crippen molar-refractivity contribution in [3.8, 4) is 0 Å². The van der Waals surface area contributed by atoms with Gasteiger partial charge in [-0.05, 0) is 24.3 Å². The summed E-state index contributed by atoms with van der Waals surface area (Å²) in [6, 6.07) is 5.25. The fourth-order valence-electron chi connectivity index (χ4n) is 0.607. The summed E-state index contributed by atoms with van der Waals surface area (Å²) in [4.78, 5) is -0.151. The van der Waals surface area contributed by atoms with Gasteiger partial charge in [-0.15, -0.1) is 0 Å². The number of halogens is 1. The van der Waals surface area contributed by atoms with Crippen LogP contribution in [0, 0.1) is 0 Å². The summed E-state index contributed by atoms with van der Waals surface area (Å²) in [6.45, 7) is 0. The summed E-state index contributed by atoms with van der Waals surface area (Å²) in [6.07, 6.45) is 0. The van der Waals surface area contributed by atoms with Gasteiger partial charge in [0, 0.05) is 5.02 Å². The van der Waals surface area contributed by atoms with Crippen LogP contribution in [0.15, 0.2) is 29.2 Å². The molecule has 0 amide bonds. The first-order chi connectivity index (χ1) is 5.00. The second-order valence-electron chi connectivity index (χ2n) is 1.93. The summed E-state index contributed by atoms with van der Waals surface area (Å²) in [5, 5.41) is 0.428. The number of rotatable bonds is 1. The fourth-order valence-corrected chi connectivity index (χ4v) is 1.21. The zero-order valence-electron chi connectivity index (χ0n) is 8.07. The van der Waals surface area contributed by atoms with Crippen molar-refractivity contribution in [2.24, 2.45) is 0 Å². The van der Waals surface area contributed by atoms with Crippen LogP contribution in [0.25, 0.3) is 0 Å². The van der Waals surface area contributed by atoms with Gasteiger partial charge in [-0.25, -0.2) is 0 Å². The summed E-state index contributed by atoms with van der Waals surface area (Å²) < 4.78 is 29.4. The second kappa shape index (κ2) is 4.43. The van der Waals surface area contributed by atoms with E-state index in [1.165, 1.54) is 24.3 Å². The predicted molar refractivity (Wildman–Crippen MR) is 49.2 cm³/mol. The number of benzene rings is 1. The van der Waals surface area contributed by atoms with Gasteiger partial charge in [0.05, 0.1) is 4.90 Å². The second-order valence-corrected chi connectivity index (χ2v) is 3.79. The zero-order chi connectivity index (χ0) is 8.48. The van der Waals surface area contributed by atoms with E-state index < -0.39 is 10.1 Å². The fraction of sp³-hybridized carbons (Fsp3) is 0. The van der Waals surface area contributed by atoms with Crippen LogP contribution < -0.4 is 0 Å². The Bertz CT molecular complexity index is 354. The Hall–Kier alpha value is 0.186. The molecular formula is C6H7ClMgO3S. The molecule has 1 rings (SSSR count). The van der Waals surface area contributed by atoms with Crippen LogP contribution in [0.3, 0.4) is 0 Å². The molecule has 3 nitrogen and oxygen atoms in total. The smallest absolute Gasteiger partial charge is 1.00 e. The molecule has 0 aromatic heterocycles. The maximum atomic E-state index is 10.5. The molecule has 0 saturated heterocycles. The molecule has 1 aromatic rings. The summed E-state index contributed by atoms with van der Waals surface area (Å²) >= 11 is 5.49. The first-order valence-electron chi connectivity index (χ1n) is 2.73. The molecule has 0 bridgehead atoms. The molecule has 64 valence electrons. The molecule has 0 aliphatic carbocycles. The first-order valence-corrected chi connectivity index (χ1v) is 4.55. The minimum absolute atomic E-state index is 0. The van der Waals surface area contributed by atoms with Crippen molar-refractivity contribution < 1.29 is 15.8 Å². The van der Waals surface area contributed by atoms with Gasteiger partial charge in [0.1, 0.15) is 0 Å². The quantitative estimate of drug-likeness (QED) is 0.574. The van der Waals surface area contributed by atoms with Gasteiger partial charge >= 0.3 is 23.1 Å². The van der Waals surface area contributed by atoms with Crippen molar-refractivity contribution >= 4 is 44.8 Å². The van der Waals surface area contributed by atoms with Crippen molar-refractivity contribution in [1.29, 1.82) is 0 Å². The van der Waals surface area contributed by atoms with Crippen molar-refractivity contribution in [2.45, 2.75) is 4.90 Å². The Morgan fingerprint density at radius 3 is 2.00 bits per heavy atom. The Morgan fingerprint density at radius 2 is 1.67 bits per heavy atom. The van der Waals surface area contributed by atoms with E-state index in [1.54, 1.807) is 0 Å². The van der Waals surface area contributed by atoms with Crippen molar-refractivity contribution in [2.75, 3.05) is 0 Å². The van der Waals surface area contributed by atoms with Gasteiger partial charge in [-0.2, -0.15) is 8.42 Å². The average Bonchev–Trinajstić information content (AvgIpc) is 1.86. The van der Waals surface area contributed by atoms with Crippen LogP contribution in [0.1, 0.15) is 2.85 Å². The van der Waals surface area contributed by atoms with Crippen LogP contribution in [0.5, 0.6) is 0 Å². The molecule has 0 heterocycles. The molecule has 0 aliphatic heterocycles. The summed E-state index contributed by atoms with van der Waals surface area (Å²) in [7, 11) is -4.08. The molecule has 0 unspecified atom stereocenters. The Kier molecular flexibility index (Phi) is 4.50. The monoisotopic (exact) mass is 218 g/mol. The van der Waals surface area contributed by atoms with Gasteiger partial charge in [0.25, 0.3) is 10.1 Å². The Labute approximate surface area is 94.6 Å². The molecule has 0 saturated carbocycles. The molecule has 1 N–H and O–H groups in total. The third-order valence-corrected chi connectivity index (χ3v) is 2.23. The molecular weight excluding hydrogens is 212 g/mol. The molecule has 6 heteroatoms. The van der Waals surface area contributed by atoms with E-state index in [9.17, 15) is 8.42 Å². The van der Waals surface area contributed by atoms with E-state index in [2.05, 4.69) is 0 Å². The molecule has 0 spiro atoms. The predicted octanol–water partition coefficient (Wildman–Crippen LogP) is 1.43. The van der Waals surface area contributed by atoms with E-state index in [1.807, 2.05) is 0 Å². The first kappa shape index (κ1) is 12.2. The maximum absolute atomic E-state index is 10.5. The van der Waals surface area contributed by atoms with Gasteiger partial charge in [0.2, 0.25) is 0 Å². The van der Waals surface area contributed by atoms with Crippen LogP contribution in [-0.2, 0) is 10.1 Å². The maximum Gasteiger partial charge on any atom is 2.00 e. The minimum atomic E-state index is -4.08. The van der Waals surface area contributed by atoms with Gasteiger partial charge in [-0.3, -0.25) is 4.55 Å². The van der Waals surface area contributed by atoms with Crippen molar-refractivity contribution in [3.05, 3.63) is 29.3 Å². The molecule has 12 heavy (non-hydrogen) atoms. The topological polar surface area (TPSA) is 54.4 Å². The van der Waals surface area contributed by atoms with Crippen LogP contribution in [-0.4, -0.2) is 36.0 Å². The van der Waals surface area contributed by atoms with Crippen molar-refractivity contribution in [1.82, 2.24) is 0 Å². The third kappa shape index (κ3) is 3.28. The van der Waals surface area contributed by atoms with E-state index in [-0.39, 0.29) is 30.8 Å². The Morgan fingerprint density at radius 1 is 1.25 bits per heavy atom. The van der Waals surface area contributed by atoms with Gasteiger partial charge in [0.15, 0.2) is 0 Å². The van der Waals surface area contributed by atoms with Crippen molar-refractivity contribution in [3.63, 3.8) is 0 Å². The van der Waals surface area contributed by atoms with E-state index in [0.29, 0.717) is 5.02 Å².